The van der Waals surface area contributed by atoms with Crippen LogP contribution < -0.4 is 15.4 Å². The van der Waals surface area contributed by atoms with Gasteiger partial charge in [0.15, 0.2) is 5.11 Å². The van der Waals surface area contributed by atoms with Gasteiger partial charge in [-0.1, -0.05) is 0 Å². The van der Waals surface area contributed by atoms with E-state index in [1.165, 1.54) is 12.1 Å². The van der Waals surface area contributed by atoms with Crippen LogP contribution in [0.15, 0.2) is 24.3 Å². The standard InChI is InChI=1S/C13H16F2N2O2S/c14-12(15)19-10-5-3-9(4-6-10)17-13(20)16-8-11-2-1-7-18-11/h3-6,11-12H,1-2,7-8H2,(H2,16,17,20)/t11-/m0/s1. The molecular formula is C13H16F2N2O2S. The highest BCUT2D eigenvalue weighted by Crippen LogP contribution is 2.17. The third-order valence-corrected chi connectivity index (χ3v) is 3.10. The fourth-order valence-corrected chi connectivity index (χ4v) is 2.11. The predicted octanol–water partition coefficient (Wildman–Crippen LogP) is 2.75. The van der Waals surface area contributed by atoms with Gasteiger partial charge < -0.3 is 20.1 Å². The number of anilines is 1. The van der Waals surface area contributed by atoms with Crippen molar-refractivity contribution in [3.8, 4) is 5.75 Å². The van der Waals surface area contributed by atoms with Gasteiger partial charge in [-0.25, -0.2) is 0 Å². The van der Waals surface area contributed by atoms with Crippen molar-refractivity contribution in [3.63, 3.8) is 0 Å². The minimum Gasteiger partial charge on any atom is -0.435 e. The van der Waals surface area contributed by atoms with Crippen LogP contribution in [0, 0.1) is 0 Å². The van der Waals surface area contributed by atoms with Crippen LogP contribution in [0.25, 0.3) is 0 Å². The maximum Gasteiger partial charge on any atom is 0.387 e. The van der Waals surface area contributed by atoms with Crippen molar-refractivity contribution < 1.29 is 18.3 Å². The van der Waals surface area contributed by atoms with E-state index in [1.807, 2.05) is 0 Å². The highest BCUT2D eigenvalue weighted by atomic mass is 32.1. The summed E-state index contributed by atoms with van der Waals surface area (Å²) in [7, 11) is 0. The lowest BCUT2D eigenvalue weighted by Crippen LogP contribution is -2.34. The number of ether oxygens (including phenoxy) is 2. The van der Waals surface area contributed by atoms with Gasteiger partial charge in [-0.2, -0.15) is 8.78 Å². The summed E-state index contributed by atoms with van der Waals surface area (Å²) in [5.74, 6) is 0.115. The van der Waals surface area contributed by atoms with Crippen molar-refractivity contribution >= 4 is 23.0 Å². The second kappa shape index (κ2) is 7.35. The lowest BCUT2D eigenvalue weighted by Gasteiger charge is -2.14. The number of thiocarbonyl (C=S) groups is 1. The largest absolute Gasteiger partial charge is 0.435 e. The number of hydrogen-bond donors (Lipinski definition) is 2. The number of benzene rings is 1. The van der Waals surface area contributed by atoms with Crippen LogP contribution in [0.3, 0.4) is 0 Å². The zero-order chi connectivity index (χ0) is 14.4. The normalized spacial score (nSPS) is 18.1. The van der Waals surface area contributed by atoms with Crippen LogP contribution in [0.5, 0.6) is 5.75 Å². The molecule has 1 aromatic rings. The molecule has 2 N–H and O–H groups in total. The average Bonchev–Trinajstić information content (AvgIpc) is 2.91. The molecule has 0 bridgehead atoms. The van der Waals surface area contributed by atoms with Crippen molar-refractivity contribution in [2.75, 3.05) is 18.5 Å². The molecule has 0 unspecified atom stereocenters. The van der Waals surface area contributed by atoms with Crippen LogP contribution in [0.4, 0.5) is 14.5 Å². The van der Waals surface area contributed by atoms with E-state index in [1.54, 1.807) is 12.1 Å². The first kappa shape index (κ1) is 14.9. The second-order valence-corrected chi connectivity index (χ2v) is 4.78. The third kappa shape index (κ3) is 4.90. The van der Waals surface area contributed by atoms with Gasteiger partial charge in [0.1, 0.15) is 5.75 Å². The Labute approximate surface area is 121 Å². The summed E-state index contributed by atoms with van der Waals surface area (Å²) in [6.07, 6.45) is 2.32. The molecule has 20 heavy (non-hydrogen) atoms. The summed E-state index contributed by atoms with van der Waals surface area (Å²) < 4.78 is 33.7. The van der Waals surface area contributed by atoms with Gasteiger partial charge in [-0.3, -0.25) is 0 Å². The Bertz CT molecular complexity index is 437. The maximum absolute atomic E-state index is 12.0. The zero-order valence-electron chi connectivity index (χ0n) is 10.8. The first-order chi connectivity index (χ1) is 9.63. The summed E-state index contributed by atoms with van der Waals surface area (Å²) in [6, 6.07) is 6.16. The summed E-state index contributed by atoms with van der Waals surface area (Å²) in [4.78, 5) is 0. The molecule has 0 spiro atoms. The zero-order valence-corrected chi connectivity index (χ0v) is 11.6. The van der Waals surface area contributed by atoms with Crippen LogP contribution in [-0.4, -0.2) is 31.0 Å². The molecule has 1 fully saturated rings. The van der Waals surface area contributed by atoms with Gasteiger partial charge in [-0.05, 0) is 49.3 Å². The quantitative estimate of drug-likeness (QED) is 0.819. The predicted molar refractivity (Wildman–Crippen MR) is 76.3 cm³/mol. The maximum atomic E-state index is 12.0. The van der Waals surface area contributed by atoms with Gasteiger partial charge in [-0.15, -0.1) is 0 Å². The SMILES string of the molecule is FC(F)Oc1ccc(NC(=S)NC[C@@H]2CCCO2)cc1. The van der Waals surface area contributed by atoms with Crippen molar-refractivity contribution in [2.45, 2.75) is 25.6 Å². The van der Waals surface area contributed by atoms with Crippen LogP contribution in [0.2, 0.25) is 0 Å². The van der Waals surface area contributed by atoms with E-state index in [2.05, 4.69) is 15.4 Å². The Balaban J connectivity index is 1.75. The minimum atomic E-state index is -2.82. The molecule has 0 amide bonds. The number of nitrogens with one attached hydrogen (secondary N) is 2. The van der Waals surface area contributed by atoms with Gasteiger partial charge in [0.05, 0.1) is 6.10 Å². The Hall–Kier alpha value is -1.47. The Morgan fingerprint density at radius 2 is 2.15 bits per heavy atom. The van der Waals surface area contributed by atoms with Crippen LogP contribution >= 0.6 is 12.2 Å². The van der Waals surface area contributed by atoms with Crippen molar-refractivity contribution in [3.05, 3.63) is 24.3 Å². The van der Waals surface area contributed by atoms with Crippen LogP contribution in [-0.2, 0) is 4.74 Å². The van der Waals surface area contributed by atoms with Crippen molar-refractivity contribution in [1.29, 1.82) is 0 Å². The molecule has 1 aromatic carbocycles. The van der Waals surface area contributed by atoms with Crippen molar-refractivity contribution in [1.82, 2.24) is 5.32 Å². The summed E-state index contributed by atoms with van der Waals surface area (Å²) in [5.41, 5.74) is 0.705. The second-order valence-electron chi connectivity index (χ2n) is 4.37. The molecule has 0 saturated carbocycles. The molecule has 0 aliphatic carbocycles. The van der Waals surface area contributed by atoms with E-state index in [0.717, 1.165) is 19.4 Å². The number of halogens is 2. The average molecular weight is 302 g/mol. The highest BCUT2D eigenvalue weighted by Gasteiger charge is 2.15. The molecule has 1 aliphatic rings. The third-order valence-electron chi connectivity index (χ3n) is 2.85. The monoisotopic (exact) mass is 302 g/mol. The molecule has 1 aliphatic heterocycles. The molecule has 4 nitrogen and oxygen atoms in total. The van der Waals surface area contributed by atoms with E-state index in [-0.39, 0.29) is 11.9 Å². The summed E-state index contributed by atoms with van der Waals surface area (Å²) in [5, 5.41) is 6.51. The number of alkyl halides is 2. The van der Waals surface area contributed by atoms with E-state index in [9.17, 15) is 8.78 Å². The summed E-state index contributed by atoms with van der Waals surface area (Å²) >= 11 is 5.14. The Morgan fingerprint density at radius 1 is 1.40 bits per heavy atom. The molecule has 0 radical (unpaired) electrons. The van der Waals surface area contributed by atoms with Gasteiger partial charge in [0.25, 0.3) is 0 Å². The van der Waals surface area contributed by atoms with Crippen molar-refractivity contribution in [2.24, 2.45) is 0 Å². The molecule has 1 atom stereocenters. The number of hydrogen-bond acceptors (Lipinski definition) is 3. The van der Waals surface area contributed by atoms with E-state index in [0.29, 0.717) is 17.3 Å². The molecule has 2 rings (SSSR count). The molecular weight excluding hydrogens is 286 g/mol. The van der Waals surface area contributed by atoms with E-state index in [4.69, 9.17) is 17.0 Å². The van der Waals surface area contributed by atoms with Crippen LogP contribution in [0.1, 0.15) is 12.8 Å². The minimum absolute atomic E-state index is 0.115. The topological polar surface area (TPSA) is 42.5 Å². The fraction of sp³-hybridized carbons (Fsp3) is 0.462. The Kier molecular flexibility index (Phi) is 5.49. The molecule has 1 saturated heterocycles. The molecule has 1 heterocycles. The first-order valence-corrected chi connectivity index (χ1v) is 6.75. The lowest BCUT2D eigenvalue weighted by molar-refractivity contribution is -0.0498. The smallest absolute Gasteiger partial charge is 0.387 e. The van der Waals surface area contributed by atoms with E-state index >= 15 is 0 Å². The lowest BCUT2D eigenvalue weighted by atomic mass is 10.2. The fourth-order valence-electron chi connectivity index (χ4n) is 1.91. The first-order valence-electron chi connectivity index (χ1n) is 6.35. The van der Waals surface area contributed by atoms with Gasteiger partial charge >= 0.3 is 6.61 Å². The molecule has 0 aromatic heterocycles. The highest BCUT2D eigenvalue weighted by molar-refractivity contribution is 7.80. The summed E-state index contributed by atoms with van der Waals surface area (Å²) in [6.45, 7) is -1.35. The molecule has 110 valence electrons. The molecule has 7 heteroatoms. The Morgan fingerprint density at radius 3 is 2.75 bits per heavy atom. The van der Waals surface area contributed by atoms with Gasteiger partial charge in [0, 0.05) is 18.8 Å². The van der Waals surface area contributed by atoms with Gasteiger partial charge in [0.2, 0.25) is 0 Å². The number of rotatable bonds is 5. The van der Waals surface area contributed by atoms with E-state index < -0.39 is 6.61 Å².